The van der Waals surface area contributed by atoms with Crippen LogP contribution in [0.5, 0.6) is 0 Å². The van der Waals surface area contributed by atoms with Gasteiger partial charge in [-0.3, -0.25) is 0 Å². The van der Waals surface area contributed by atoms with Crippen LogP contribution in [-0.2, 0) is 0 Å². The minimum Gasteiger partial charge on any atom is -0.310 e. The predicted octanol–water partition coefficient (Wildman–Crippen LogP) is 2.49. The third kappa shape index (κ3) is 3.21. The van der Waals surface area contributed by atoms with E-state index >= 15 is 0 Å². The lowest BCUT2D eigenvalue weighted by atomic mass is 9.73. The van der Waals surface area contributed by atoms with Crippen molar-refractivity contribution in [1.82, 2.24) is 10.2 Å². The third-order valence-corrected chi connectivity index (χ3v) is 4.37. The molecule has 0 aromatic carbocycles. The van der Waals surface area contributed by atoms with Crippen LogP contribution in [-0.4, -0.2) is 36.6 Å². The zero-order chi connectivity index (χ0) is 11.5. The lowest BCUT2D eigenvalue weighted by Crippen LogP contribution is -2.49. The van der Waals surface area contributed by atoms with Gasteiger partial charge >= 0.3 is 0 Å². The number of rotatable bonds is 5. The Kier molecular flexibility index (Phi) is 4.26. The van der Waals surface area contributed by atoms with E-state index in [4.69, 9.17) is 0 Å². The lowest BCUT2D eigenvalue weighted by Gasteiger charge is -2.40. The fourth-order valence-electron chi connectivity index (χ4n) is 3.15. The van der Waals surface area contributed by atoms with Crippen LogP contribution in [0.2, 0.25) is 0 Å². The molecule has 16 heavy (non-hydrogen) atoms. The highest BCUT2D eigenvalue weighted by molar-refractivity contribution is 4.88. The van der Waals surface area contributed by atoms with Crippen LogP contribution in [0.25, 0.3) is 0 Å². The molecular weight excluding hydrogens is 196 g/mol. The molecule has 0 radical (unpaired) electrons. The molecule has 1 aliphatic heterocycles. The molecule has 1 atom stereocenters. The second-order valence-corrected chi connectivity index (χ2v) is 6.25. The molecule has 2 rings (SSSR count). The van der Waals surface area contributed by atoms with Crippen LogP contribution in [0.1, 0.15) is 46.5 Å². The van der Waals surface area contributed by atoms with Crippen LogP contribution in [0.3, 0.4) is 0 Å². The highest BCUT2D eigenvalue weighted by Gasteiger charge is 2.31. The summed E-state index contributed by atoms with van der Waals surface area (Å²) in [4.78, 5) is 2.61. The Bertz CT molecular complexity index is 203. The normalized spacial score (nSPS) is 33.0. The maximum Gasteiger partial charge on any atom is 0.0169 e. The van der Waals surface area contributed by atoms with Crippen molar-refractivity contribution in [3.8, 4) is 0 Å². The summed E-state index contributed by atoms with van der Waals surface area (Å²) in [7, 11) is 0. The minimum absolute atomic E-state index is 0.677. The Morgan fingerprint density at radius 3 is 2.31 bits per heavy atom. The SMILES string of the molecule is CC(CN1CCCC1)NC1CC(C(C)C)C1. The van der Waals surface area contributed by atoms with Gasteiger partial charge in [-0.15, -0.1) is 0 Å². The summed E-state index contributed by atoms with van der Waals surface area (Å²) >= 11 is 0. The summed E-state index contributed by atoms with van der Waals surface area (Å²) < 4.78 is 0. The molecule has 1 N–H and O–H groups in total. The molecule has 94 valence electrons. The quantitative estimate of drug-likeness (QED) is 0.772. The van der Waals surface area contributed by atoms with E-state index in [9.17, 15) is 0 Å². The Hall–Kier alpha value is -0.0800. The van der Waals surface area contributed by atoms with E-state index in [1.165, 1.54) is 45.3 Å². The van der Waals surface area contributed by atoms with E-state index in [2.05, 4.69) is 31.0 Å². The number of nitrogens with zero attached hydrogens (tertiary/aromatic N) is 1. The maximum absolute atomic E-state index is 3.79. The van der Waals surface area contributed by atoms with E-state index in [0.717, 1.165) is 17.9 Å². The molecule has 0 aromatic heterocycles. The predicted molar refractivity (Wildman–Crippen MR) is 69.6 cm³/mol. The Labute approximate surface area is 101 Å². The molecule has 1 saturated heterocycles. The maximum atomic E-state index is 3.79. The average molecular weight is 224 g/mol. The van der Waals surface area contributed by atoms with Gasteiger partial charge in [-0.1, -0.05) is 13.8 Å². The van der Waals surface area contributed by atoms with Crippen LogP contribution < -0.4 is 5.32 Å². The first-order valence-corrected chi connectivity index (χ1v) is 7.13. The summed E-state index contributed by atoms with van der Waals surface area (Å²) in [5, 5.41) is 3.79. The van der Waals surface area contributed by atoms with Gasteiger partial charge in [0.2, 0.25) is 0 Å². The smallest absolute Gasteiger partial charge is 0.0169 e. The number of hydrogen-bond acceptors (Lipinski definition) is 2. The van der Waals surface area contributed by atoms with Crippen molar-refractivity contribution >= 4 is 0 Å². The van der Waals surface area contributed by atoms with Gasteiger partial charge in [0.1, 0.15) is 0 Å². The Balaban J connectivity index is 1.59. The molecule has 0 amide bonds. The number of hydrogen-bond donors (Lipinski definition) is 1. The Morgan fingerprint density at radius 1 is 1.12 bits per heavy atom. The zero-order valence-corrected chi connectivity index (χ0v) is 11.2. The van der Waals surface area contributed by atoms with Gasteiger partial charge in [0.05, 0.1) is 0 Å². The van der Waals surface area contributed by atoms with Crippen molar-refractivity contribution in [2.75, 3.05) is 19.6 Å². The van der Waals surface area contributed by atoms with Crippen molar-refractivity contribution in [2.24, 2.45) is 11.8 Å². The Morgan fingerprint density at radius 2 is 1.75 bits per heavy atom. The molecular formula is C14H28N2. The summed E-state index contributed by atoms with van der Waals surface area (Å²) in [5.41, 5.74) is 0. The van der Waals surface area contributed by atoms with Crippen LogP contribution in [0.4, 0.5) is 0 Å². The molecule has 1 heterocycles. The van der Waals surface area contributed by atoms with Gasteiger partial charge in [0.25, 0.3) is 0 Å². The molecule has 1 saturated carbocycles. The number of nitrogens with one attached hydrogen (secondary N) is 1. The standard InChI is InChI=1S/C14H28N2/c1-11(2)13-8-14(9-13)15-12(3)10-16-6-4-5-7-16/h11-15H,4-10H2,1-3H3. The molecule has 2 aliphatic rings. The van der Waals surface area contributed by atoms with E-state index in [-0.39, 0.29) is 0 Å². The number of likely N-dealkylation sites (tertiary alicyclic amines) is 1. The van der Waals surface area contributed by atoms with Crippen molar-refractivity contribution in [2.45, 2.75) is 58.5 Å². The summed E-state index contributed by atoms with van der Waals surface area (Å²) in [6.07, 6.45) is 5.63. The van der Waals surface area contributed by atoms with E-state index in [1.54, 1.807) is 0 Å². The molecule has 0 bridgehead atoms. The molecule has 2 heteroatoms. The fraction of sp³-hybridized carbons (Fsp3) is 1.00. The topological polar surface area (TPSA) is 15.3 Å². The van der Waals surface area contributed by atoms with Crippen molar-refractivity contribution in [3.05, 3.63) is 0 Å². The second kappa shape index (κ2) is 5.50. The highest BCUT2D eigenvalue weighted by atomic mass is 15.2. The molecule has 2 nitrogen and oxygen atoms in total. The fourth-order valence-corrected chi connectivity index (χ4v) is 3.15. The van der Waals surface area contributed by atoms with Gasteiger partial charge in [-0.25, -0.2) is 0 Å². The van der Waals surface area contributed by atoms with E-state index < -0.39 is 0 Å². The van der Waals surface area contributed by atoms with E-state index in [1.807, 2.05) is 0 Å². The van der Waals surface area contributed by atoms with Crippen molar-refractivity contribution in [1.29, 1.82) is 0 Å². The second-order valence-electron chi connectivity index (χ2n) is 6.25. The van der Waals surface area contributed by atoms with E-state index in [0.29, 0.717) is 6.04 Å². The largest absolute Gasteiger partial charge is 0.310 e. The molecule has 2 fully saturated rings. The van der Waals surface area contributed by atoms with Gasteiger partial charge in [-0.2, -0.15) is 0 Å². The monoisotopic (exact) mass is 224 g/mol. The molecule has 0 spiro atoms. The first-order valence-electron chi connectivity index (χ1n) is 7.13. The summed E-state index contributed by atoms with van der Waals surface area (Å²) in [6, 6.07) is 1.49. The third-order valence-electron chi connectivity index (χ3n) is 4.37. The van der Waals surface area contributed by atoms with Crippen LogP contribution in [0.15, 0.2) is 0 Å². The molecule has 1 unspecified atom stereocenters. The van der Waals surface area contributed by atoms with Crippen molar-refractivity contribution in [3.63, 3.8) is 0 Å². The first-order chi connectivity index (χ1) is 7.65. The summed E-state index contributed by atoms with van der Waals surface area (Å²) in [5.74, 6) is 1.86. The van der Waals surface area contributed by atoms with Gasteiger partial charge in [0, 0.05) is 18.6 Å². The van der Waals surface area contributed by atoms with Gasteiger partial charge < -0.3 is 10.2 Å². The lowest BCUT2D eigenvalue weighted by molar-refractivity contribution is 0.150. The molecule has 1 aliphatic carbocycles. The molecule has 0 aromatic rings. The van der Waals surface area contributed by atoms with Gasteiger partial charge in [0.15, 0.2) is 0 Å². The highest BCUT2D eigenvalue weighted by Crippen LogP contribution is 2.33. The average Bonchev–Trinajstić information content (AvgIpc) is 2.62. The van der Waals surface area contributed by atoms with Crippen LogP contribution >= 0.6 is 0 Å². The zero-order valence-electron chi connectivity index (χ0n) is 11.2. The van der Waals surface area contributed by atoms with Gasteiger partial charge in [-0.05, 0) is 57.5 Å². The van der Waals surface area contributed by atoms with Crippen molar-refractivity contribution < 1.29 is 0 Å². The van der Waals surface area contributed by atoms with Crippen LogP contribution in [0, 0.1) is 11.8 Å². The summed E-state index contributed by atoms with van der Waals surface area (Å²) in [6.45, 7) is 11.0. The minimum atomic E-state index is 0.677. The first kappa shape index (κ1) is 12.4.